The van der Waals surface area contributed by atoms with Gasteiger partial charge in [0.1, 0.15) is 5.54 Å². The Bertz CT molecular complexity index is 913. The first-order chi connectivity index (χ1) is 14.3. The molecule has 162 valence electrons. The van der Waals surface area contributed by atoms with Gasteiger partial charge in [-0.3, -0.25) is 0 Å². The summed E-state index contributed by atoms with van der Waals surface area (Å²) < 4.78 is 0. The molecule has 0 saturated heterocycles. The van der Waals surface area contributed by atoms with Crippen LogP contribution in [0, 0.1) is 0 Å². The lowest BCUT2D eigenvalue weighted by Gasteiger charge is -2.33. The molecular weight excluding hydrogens is 429 g/mol. The third kappa shape index (κ3) is 4.88. The number of nitrogens with one attached hydrogen (secondary N) is 2. The van der Waals surface area contributed by atoms with E-state index in [0.29, 0.717) is 15.7 Å². The number of urea groups is 1. The fourth-order valence-corrected chi connectivity index (χ4v) is 4.20. The molecule has 7 nitrogen and oxygen atoms in total. The van der Waals surface area contributed by atoms with E-state index in [-0.39, 0.29) is 5.92 Å². The number of benzene rings is 2. The van der Waals surface area contributed by atoms with Crippen molar-refractivity contribution in [3.8, 4) is 0 Å². The van der Waals surface area contributed by atoms with E-state index in [2.05, 4.69) is 15.5 Å². The molecule has 9 heteroatoms. The number of rotatable bonds is 6. The Morgan fingerprint density at radius 1 is 1.17 bits per heavy atom. The summed E-state index contributed by atoms with van der Waals surface area (Å²) in [5.74, 6) is 0.0196. The SMILES string of the molecule is CN1Cc2c(Cl)cc(Cl)cc2[C@@H](c2cccc(NC(=O)NC(CO)(CO)CO)c2)C1. The van der Waals surface area contributed by atoms with Crippen LogP contribution in [0.2, 0.25) is 10.0 Å². The van der Waals surface area contributed by atoms with Gasteiger partial charge in [0, 0.05) is 34.7 Å². The number of aliphatic hydroxyl groups is 3. The maximum atomic E-state index is 12.3. The number of hydrogen-bond donors (Lipinski definition) is 5. The molecule has 0 saturated carbocycles. The predicted octanol–water partition coefficient (Wildman–Crippen LogP) is 2.41. The molecule has 1 aliphatic heterocycles. The van der Waals surface area contributed by atoms with Crippen molar-refractivity contribution in [3.63, 3.8) is 0 Å². The van der Waals surface area contributed by atoms with Crippen molar-refractivity contribution in [3.05, 3.63) is 63.1 Å². The van der Waals surface area contributed by atoms with Gasteiger partial charge in [0.15, 0.2) is 0 Å². The number of anilines is 1. The molecule has 2 aromatic carbocycles. The second-order valence-corrected chi connectivity index (χ2v) is 8.51. The summed E-state index contributed by atoms with van der Waals surface area (Å²) in [5, 5.41) is 34.5. The maximum Gasteiger partial charge on any atom is 0.319 e. The summed E-state index contributed by atoms with van der Waals surface area (Å²) in [6.07, 6.45) is 0. The zero-order valence-corrected chi connectivity index (χ0v) is 18.0. The van der Waals surface area contributed by atoms with E-state index < -0.39 is 31.4 Å². The van der Waals surface area contributed by atoms with Gasteiger partial charge in [-0.2, -0.15) is 0 Å². The summed E-state index contributed by atoms with van der Waals surface area (Å²) in [5.41, 5.74) is 2.12. The molecule has 2 aromatic rings. The molecule has 0 fully saturated rings. The average molecular weight is 454 g/mol. The van der Waals surface area contributed by atoms with Gasteiger partial charge >= 0.3 is 6.03 Å². The van der Waals surface area contributed by atoms with Crippen LogP contribution in [-0.2, 0) is 6.54 Å². The highest BCUT2D eigenvalue weighted by atomic mass is 35.5. The minimum absolute atomic E-state index is 0.0196. The van der Waals surface area contributed by atoms with Crippen LogP contribution in [0.25, 0.3) is 0 Å². The monoisotopic (exact) mass is 453 g/mol. The smallest absolute Gasteiger partial charge is 0.319 e. The van der Waals surface area contributed by atoms with Crippen molar-refractivity contribution in [2.75, 3.05) is 38.7 Å². The van der Waals surface area contributed by atoms with E-state index in [4.69, 9.17) is 23.2 Å². The van der Waals surface area contributed by atoms with Crippen LogP contribution in [0.5, 0.6) is 0 Å². The average Bonchev–Trinajstić information content (AvgIpc) is 2.72. The van der Waals surface area contributed by atoms with Crippen molar-refractivity contribution in [2.45, 2.75) is 18.0 Å². The minimum Gasteiger partial charge on any atom is -0.394 e. The third-order valence-corrected chi connectivity index (χ3v) is 5.88. The third-order valence-electron chi connectivity index (χ3n) is 5.33. The lowest BCUT2D eigenvalue weighted by atomic mass is 9.84. The Hall–Kier alpha value is -1.87. The van der Waals surface area contributed by atoms with Crippen molar-refractivity contribution in [2.24, 2.45) is 0 Å². The molecule has 1 atom stereocenters. The molecule has 3 rings (SSSR count). The number of hydrogen-bond acceptors (Lipinski definition) is 5. The van der Waals surface area contributed by atoms with Crippen LogP contribution < -0.4 is 10.6 Å². The largest absolute Gasteiger partial charge is 0.394 e. The normalized spacial score (nSPS) is 16.8. The molecule has 0 unspecified atom stereocenters. The number of carbonyl (C=O) groups is 1. The molecule has 0 aromatic heterocycles. The Morgan fingerprint density at radius 3 is 2.53 bits per heavy atom. The summed E-state index contributed by atoms with van der Waals surface area (Å²) in [7, 11) is 2.02. The van der Waals surface area contributed by atoms with E-state index in [9.17, 15) is 20.1 Å². The molecule has 0 aliphatic carbocycles. The van der Waals surface area contributed by atoms with Crippen molar-refractivity contribution in [1.29, 1.82) is 0 Å². The zero-order chi connectivity index (χ0) is 21.9. The number of likely N-dealkylation sites (N-methyl/N-ethyl adjacent to an activating group) is 1. The Kier molecular flexibility index (Phi) is 7.23. The van der Waals surface area contributed by atoms with Crippen LogP contribution in [0.1, 0.15) is 22.6 Å². The molecule has 30 heavy (non-hydrogen) atoms. The Labute approximate surface area is 185 Å². The summed E-state index contributed by atoms with van der Waals surface area (Å²) in [6, 6.07) is 10.5. The van der Waals surface area contributed by atoms with Gasteiger partial charge in [-0.15, -0.1) is 0 Å². The number of nitrogens with zero attached hydrogens (tertiary/aromatic N) is 1. The fraction of sp³-hybridized carbons (Fsp3) is 0.381. The Morgan fingerprint density at radius 2 is 1.87 bits per heavy atom. The molecule has 1 aliphatic rings. The van der Waals surface area contributed by atoms with Crippen LogP contribution in [0.3, 0.4) is 0 Å². The lowest BCUT2D eigenvalue weighted by Crippen LogP contribution is -2.58. The van der Waals surface area contributed by atoms with Crippen LogP contribution in [0.4, 0.5) is 10.5 Å². The van der Waals surface area contributed by atoms with Crippen LogP contribution in [0.15, 0.2) is 36.4 Å². The van der Waals surface area contributed by atoms with Crippen molar-refractivity contribution < 1.29 is 20.1 Å². The summed E-state index contributed by atoms with van der Waals surface area (Å²) >= 11 is 12.7. The van der Waals surface area contributed by atoms with E-state index in [0.717, 1.165) is 29.8 Å². The molecule has 2 amide bonds. The zero-order valence-electron chi connectivity index (χ0n) is 16.5. The number of carbonyl (C=O) groups excluding carboxylic acids is 1. The van der Waals surface area contributed by atoms with Gasteiger partial charge in [-0.05, 0) is 48.0 Å². The second kappa shape index (κ2) is 9.51. The topological polar surface area (TPSA) is 105 Å². The molecule has 0 bridgehead atoms. The first-order valence-electron chi connectivity index (χ1n) is 9.49. The van der Waals surface area contributed by atoms with Gasteiger partial charge in [0.2, 0.25) is 0 Å². The maximum absolute atomic E-state index is 12.3. The Balaban J connectivity index is 1.85. The summed E-state index contributed by atoms with van der Waals surface area (Å²) in [6.45, 7) is -0.295. The number of halogens is 2. The standard InChI is InChI=1S/C21H25Cl2N3O4/c1-26-8-17(16-6-14(22)7-19(23)18(16)9-26)13-3-2-4-15(5-13)24-20(30)25-21(10-27,11-28)12-29/h2-7,17,27-29H,8-12H2,1H3,(H2,24,25,30)/t17-/m1/s1. The van der Waals surface area contributed by atoms with Gasteiger partial charge in [0.25, 0.3) is 0 Å². The summed E-state index contributed by atoms with van der Waals surface area (Å²) in [4.78, 5) is 14.5. The molecular formula is C21H25Cl2N3O4. The fourth-order valence-electron chi connectivity index (χ4n) is 3.64. The van der Waals surface area contributed by atoms with Crippen molar-refractivity contribution in [1.82, 2.24) is 10.2 Å². The predicted molar refractivity (Wildman–Crippen MR) is 117 cm³/mol. The second-order valence-electron chi connectivity index (χ2n) is 7.66. The van der Waals surface area contributed by atoms with E-state index in [1.54, 1.807) is 12.1 Å². The minimum atomic E-state index is -1.50. The van der Waals surface area contributed by atoms with E-state index >= 15 is 0 Å². The van der Waals surface area contributed by atoms with E-state index in [1.165, 1.54) is 0 Å². The number of amides is 2. The highest BCUT2D eigenvalue weighted by Crippen LogP contribution is 2.38. The van der Waals surface area contributed by atoms with Crippen molar-refractivity contribution >= 4 is 34.9 Å². The molecule has 5 N–H and O–H groups in total. The van der Waals surface area contributed by atoms with Gasteiger partial charge in [-0.25, -0.2) is 4.79 Å². The highest BCUT2D eigenvalue weighted by Gasteiger charge is 2.30. The van der Waals surface area contributed by atoms with Gasteiger partial charge < -0.3 is 30.9 Å². The molecule has 0 spiro atoms. The first-order valence-corrected chi connectivity index (χ1v) is 10.2. The van der Waals surface area contributed by atoms with Crippen LogP contribution in [-0.4, -0.2) is 65.2 Å². The van der Waals surface area contributed by atoms with Gasteiger partial charge in [0.05, 0.1) is 19.8 Å². The molecule has 1 heterocycles. The highest BCUT2D eigenvalue weighted by molar-refractivity contribution is 6.35. The molecule has 0 radical (unpaired) electrons. The first kappa shape index (κ1) is 22.8. The lowest BCUT2D eigenvalue weighted by molar-refractivity contribution is 0.0507. The van der Waals surface area contributed by atoms with Crippen LogP contribution >= 0.6 is 23.2 Å². The van der Waals surface area contributed by atoms with Gasteiger partial charge in [-0.1, -0.05) is 35.3 Å². The number of aliphatic hydroxyl groups excluding tert-OH is 3. The quantitative estimate of drug-likeness (QED) is 0.461. The number of fused-ring (bicyclic) bond motifs is 1. The van der Waals surface area contributed by atoms with E-state index in [1.807, 2.05) is 31.3 Å².